The summed E-state index contributed by atoms with van der Waals surface area (Å²) in [4.78, 5) is 65.7. The molecular weight excluding hydrogens is 514 g/mol. The van der Waals surface area contributed by atoms with Gasteiger partial charge < -0.3 is 31.1 Å². The predicted octanol–water partition coefficient (Wildman–Crippen LogP) is 1.95. The standard InChI is InChI=1S/C29H33N5O6/c1-18(29(39)40-17-20-8-4-3-5-9-20)32-27(37)25(13-12-22(36)15-30)34-28(38)26(33-19(2)35)14-21-16-31-24-11-7-6-10-23(21)24/h3-11,15-16,18,25-26,30-31H,12-14,17H2,1-2H3,(H,32,37)(H,33,35)(H,34,38)/t18-,25-,26-/m0/s1. The van der Waals surface area contributed by atoms with Crippen molar-refractivity contribution in [3.05, 3.63) is 71.9 Å². The van der Waals surface area contributed by atoms with Gasteiger partial charge in [0.1, 0.15) is 24.7 Å². The largest absolute Gasteiger partial charge is 0.459 e. The minimum absolute atomic E-state index is 0.0279. The number of rotatable bonds is 14. The lowest BCUT2D eigenvalue weighted by molar-refractivity contribution is -0.149. The molecule has 0 fully saturated rings. The number of hydrogen-bond donors (Lipinski definition) is 5. The number of aromatic amines is 1. The Balaban J connectivity index is 1.70. The number of fused-ring (bicyclic) bond motifs is 1. The van der Waals surface area contributed by atoms with Gasteiger partial charge in [-0.3, -0.25) is 19.2 Å². The summed E-state index contributed by atoms with van der Waals surface area (Å²) in [6.45, 7) is 2.76. The molecule has 3 rings (SSSR count). The highest BCUT2D eigenvalue weighted by Crippen LogP contribution is 2.19. The lowest BCUT2D eigenvalue weighted by Crippen LogP contribution is -2.55. The van der Waals surface area contributed by atoms with Gasteiger partial charge >= 0.3 is 5.97 Å². The molecule has 1 aromatic heterocycles. The van der Waals surface area contributed by atoms with Crippen LogP contribution in [0, 0.1) is 5.41 Å². The predicted molar refractivity (Wildman–Crippen MR) is 148 cm³/mol. The third-order valence-corrected chi connectivity index (χ3v) is 6.20. The third-order valence-electron chi connectivity index (χ3n) is 6.20. The average Bonchev–Trinajstić information content (AvgIpc) is 3.36. The number of H-pyrrole nitrogens is 1. The van der Waals surface area contributed by atoms with Gasteiger partial charge in [0.05, 0.1) is 6.21 Å². The molecule has 0 saturated heterocycles. The second-order valence-electron chi connectivity index (χ2n) is 9.35. The van der Waals surface area contributed by atoms with Gasteiger partial charge in [0.15, 0.2) is 5.78 Å². The summed E-state index contributed by atoms with van der Waals surface area (Å²) < 4.78 is 5.27. The molecule has 11 nitrogen and oxygen atoms in total. The van der Waals surface area contributed by atoms with Crippen molar-refractivity contribution in [2.45, 2.75) is 57.8 Å². The molecule has 5 N–H and O–H groups in total. The van der Waals surface area contributed by atoms with Gasteiger partial charge in [-0.05, 0) is 30.5 Å². The molecule has 0 aliphatic heterocycles. The molecule has 0 aliphatic rings. The minimum atomic E-state index is -1.21. The second-order valence-corrected chi connectivity index (χ2v) is 9.35. The normalized spacial score (nSPS) is 12.9. The first-order chi connectivity index (χ1) is 19.2. The van der Waals surface area contributed by atoms with Crippen LogP contribution in [0.15, 0.2) is 60.8 Å². The fraction of sp³-hybridized carbons (Fsp3) is 0.310. The van der Waals surface area contributed by atoms with Crippen molar-refractivity contribution in [1.29, 1.82) is 5.41 Å². The van der Waals surface area contributed by atoms with Crippen LogP contribution >= 0.6 is 0 Å². The van der Waals surface area contributed by atoms with Crippen LogP contribution in [-0.2, 0) is 41.7 Å². The molecule has 3 aromatic rings. The van der Waals surface area contributed by atoms with Crippen molar-refractivity contribution in [1.82, 2.24) is 20.9 Å². The molecular formula is C29H33N5O6. The maximum Gasteiger partial charge on any atom is 0.328 e. The number of aromatic nitrogens is 1. The van der Waals surface area contributed by atoms with E-state index in [1.54, 1.807) is 18.3 Å². The highest BCUT2D eigenvalue weighted by Gasteiger charge is 2.29. The molecule has 0 aliphatic carbocycles. The number of esters is 1. The first kappa shape index (κ1) is 29.8. The summed E-state index contributed by atoms with van der Waals surface area (Å²) in [7, 11) is 0. The molecule has 0 spiro atoms. The molecule has 0 radical (unpaired) electrons. The molecule has 1 heterocycles. The number of Topliss-reactive ketones (excluding diaryl/α,β-unsaturated/α-hetero) is 1. The van der Waals surface area contributed by atoms with E-state index in [4.69, 9.17) is 10.1 Å². The van der Waals surface area contributed by atoms with Gasteiger partial charge in [0.25, 0.3) is 0 Å². The second kappa shape index (κ2) is 14.4. The monoisotopic (exact) mass is 547 g/mol. The van der Waals surface area contributed by atoms with E-state index in [9.17, 15) is 24.0 Å². The maximum atomic E-state index is 13.3. The molecule has 0 unspecified atom stereocenters. The zero-order valence-electron chi connectivity index (χ0n) is 22.4. The molecule has 2 aromatic carbocycles. The van der Waals surface area contributed by atoms with Crippen molar-refractivity contribution in [2.24, 2.45) is 0 Å². The van der Waals surface area contributed by atoms with Crippen molar-refractivity contribution in [3.8, 4) is 0 Å². The quantitative estimate of drug-likeness (QED) is 0.153. The summed E-state index contributed by atoms with van der Waals surface area (Å²) >= 11 is 0. The Morgan fingerprint density at radius 1 is 0.925 bits per heavy atom. The third kappa shape index (κ3) is 8.62. The molecule has 0 bridgehead atoms. The van der Waals surface area contributed by atoms with E-state index in [0.717, 1.165) is 22.0 Å². The van der Waals surface area contributed by atoms with Crippen LogP contribution in [0.2, 0.25) is 0 Å². The molecule has 40 heavy (non-hydrogen) atoms. The minimum Gasteiger partial charge on any atom is -0.459 e. The van der Waals surface area contributed by atoms with Crippen LogP contribution in [0.1, 0.15) is 37.8 Å². The highest BCUT2D eigenvalue weighted by atomic mass is 16.5. The number of nitrogens with one attached hydrogen (secondary N) is 5. The van der Waals surface area contributed by atoms with E-state index in [2.05, 4.69) is 20.9 Å². The maximum absolute atomic E-state index is 13.3. The Bertz CT molecular complexity index is 1370. The van der Waals surface area contributed by atoms with Gasteiger partial charge in [0, 0.05) is 36.9 Å². The highest BCUT2D eigenvalue weighted by molar-refractivity contribution is 6.26. The van der Waals surface area contributed by atoms with Gasteiger partial charge in [-0.2, -0.15) is 0 Å². The number of para-hydroxylation sites is 1. The lowest BCUT2D eigenvalue weighted by Gasteiger charge is -2.24. The summed E-state index contributed by atoms with van der Waals surface area (Å²) in [5.41, 5.74) is 2.44. The van der Waals surface area contributed by atoms with Crippen molar-refractivity contribution < 1.29 is 28.7 Å². The Hall–Kier alpha value is -4.80. The van der Waals surface area contributed by atoms with Crippen molar-refractivity contribution in [3.63, 3.8) is 0 Å². The first-order valence-corrected chi connectivity index (χ1v) is 12.8. The fourth-order valence-corrected chi connectivity index (χ4v) is 4.10. The Morgan fingerprint density at radius 2 is 1.60 bits per heavy atom. The van der Waals surface area contributed by atoms with E-state index in [1.807, 2.05) is 42.5 Å². The SMILES string of the molecule is CC(=O)N[C@@H](Cc1c[nH]c2ccccc12)C(=O)N[C@@H](CCC(=O)C=N)C(=O)N[C@@H](C)C(=O)OCc1ccccc1. The molecule has 11 heteroatoms. The number of amides is 3. The number of ether oxygens (including phenoxy) is 1. The number of ketones is 1. The fourth-order valence-electron chi connectivity index (χ4n) is 4.10. The van der Waals surface area contributed by atoms with E-state index < -0.39 is 47.6 Å². The van der Waals surface area contributed by atoms with E-state index in [-0.39, 0.29) is 25.9 Å². The Morgan fingerprint density at radius 3 is 2.30 bits per heavy atom. The number of carbonyl (C=O) groups excluding carboxylic acids is 5. The van der Waals surface area contributed by atoms with Crippen LogP contribution in [0.25, 0.3) is 10.9 Å². The zero-order chi connectivity index (χ0) is 29.1. The zero-order valence-corrected chi connectivity index (χ0v) is 22.4. The van der Waals surface area contributed by atoms with Gasteiger partial charge in [0.2, 0.25) is 17.7 Å². The van der Waals surface area contributed by atoms with Gasteiger partial charge in [-0.1, -0.05) is 48.5 Å². The van der Waals surface area contributed by atoms with Gasteiger partial charge in [-0.25, -0.2) is 4.79 Å². The lowest BCUT2D eigenvalue weighted by atomic mass is 10.0. The molecule has 3 atom stereocenters. The van der Waals surface area contributed by atoms with E-state index in [0.29, 0.717) is 6.21 Å². The molecule has 0 saturated carbocycles. The van der Waals surface area contributed by atoms with Crippen LogP contribution in [0.3, 0.4) is 0 Å². The van der Waals surface area contributed by atoms with Gasteiger partial charge in [-0.15, -0.1) is 0 Å². The average molecular weight is 548 g/mol. The number of benzene rings is 2. The van der Waals surface area contributed by atoms with E-state index >= 15 is 0 Å². The summed E-state index contributed by atoms with van der Waals surface area (Å²) in [5, 5.41) is 15.8. The van der Waals surface area contributed by atoms with Crippen LogP contribution in [-0.4, -0.2) is 58.8 Å². The Labute approximate surface area is 231 Å². The topological polar surface area (TPSA) is 170 Å². The Kier molecular flexibility index (Phi) is 10.7. The number of hydrogen-bond acceptors (Lipinski definition) is 7. The number of carbonyl (C=O) groups is 5. The molecule has 3 amide bonds. The summed E-state index contributed by atoms with van der Waals surface area (Å²) in [5.74, 6) is -2.98. The smallest absolute Gasteiger partial charge is 0.328 e. The first-order valence-electron chi connectivity index (χ1n) is 12.8. The van der Waals surface area contributed by atoms with Crippen LogP contribution in [0.5, 0.6) is 0 Å². The molecule has 210 valence electrons. The summed E-state index contributed by atoms with van der Waals surface area (Å²) in [6, 6.07) is 13.3. The van der Waals surface area contributed by atoms with E-state index in [1.165, 1.54) is 13.8 Å². The van der Waals surface area contributed by atoms with Crippen LogP contribution in [0.4, 0.5) is 0 Å². The van der Waals surface area contributed by atoms with Crippen LogP contribution < -0.4 is 16.0 Å². The van der Waals surface area contributed by atoms with Crippen molar-refractivity contribution in [2.75, 3.05) is 0 Å². The van der Waals surface area contributed by atoms with Crippen molar-refractivity contribution >= 4 is 46.6 Å². The summed E-state index contributed by atoms with van der Waals surface area (Å²) in [6.07, 6.45) is 2.24.